The van der Waals surface area contributed by atoms with Crippen molar-refractivity contribution in [1.82, 2.24) is 9.97 Å². The van der Waals surface area contributed by atoms with Crippen LogP contribution in [0.2, 0.25) is 0 Å². The predicted octanol–water partition coefficient (Wildman–Crippen LogP) is 15.1. The normalized spacial score (nSPS) is 12.6. The van der Waals surface area contributed by atoms with Crippen LogP contribution in [0.4, 0.5) is 0 Å². The van der Waals surface area contributed by atoms with E-state index in [0.29, 0.717) is 5.82 Å². The van der Waals surface area contributed by atoms with E-state index < -0.39 is 5.41 Å². The summed E-state index contributed by atoms with van der Waals surface area (Å²) in [5.74, 6) is 0.681. The molecule has 0 amide bonds. The van der Waals surface area contributed by atoms with E-state index in [1.165, 1.54) is 33.4 Å². The maximum Gasteiger partial charge on any atom is 0.160 e. The fourth-order valence-electron chi connectivity index (χ4n) is 9.76. The molecule has 1 aliphatic carbocycles. The molecule has 0 fully saturated rings. The van der Waals surface area contributed by atoms with Crippen LogP contribution in [0.1, 0.15) is 22.3 Å². The van der Waals surface area contributed by atoms with Crippen LogP contribution in [0.5, 0.6) is 0 Å². The van der Waals surface area contributed by atoms with Gasteiger partial charge in [0.2, 0.25) is 0 Å². The van der Waals surface area contributed by atoms with Crippen molar-refractivity contribution in [3.63, 3.8) is 0 Å². The third-order valence-electron chi connectivity index (χ3n) is 12.6. The van der Waals surface area contributed by atoms with Gasteiger partial charge in [0.15, 0.2) is 5.82 Å². The van der Waals surface area contributed by atoms with E-state index in [0.717, 1.165) is 72.3 Å². The van der Waals surface area contributed by atoms with Crippen LogP contribution < -0.4 is 0 Å². The molecule has 0 atom stereocenters. The van der Waals surface area contributed by atoms with Crippen molar-refractivity contribution < 1.29 is 4.42 Å². The highest BCUT2D eigenvalue weighted by molar-refractivity contribution is 6.09. The van der Waals surface area contributed by atoms with Gasteiger partial charge in [-0.05, 0) is 74.3 Å². The van der Waals surface area contributed by atoms with Gasteiger partial charge < -0.3 is 4.42 Å². The lowest BCUT2D eigenvalue weighted by Gasteiger charge is -2.34. The summed E-state index contributed by atoms with van der Waals surface area (Å²) in [6.45, 7) is 0. The van der Waals surface area contributed by atoms with Crippen molar-refractivity contribution in [1.29, 1.82) is 0 Å². The summed E-state index contributed by atoms with van der Waals surface area (Å²) in [5.41, 5.74) is 18.1. The molecular weight excluding hydrogens is 753 g/mol. The molecule has 11 aromatic rings. The molecule has 9 aromatic carbocycles. The van der Waals surface area contributed by atoms with E-state index in [1.807, 2.05) is 30.3 Å². The molecule has 0 spiro atoms. The molecule has 0 unspecified atom stereocenters. The molecule has 0 saturated heterocycles. The average molecular weight is 791 g/mol. The number of para-hydroxylation sites is 2. The Morgan fingerprint density at radius 3 is 1.53 bits per heavy atom. The molecule has 12 rings (SSSR count). The zero-order valence-electron chi connectivity index (χ0n) is 33.7. The van der Waals surface area contributed by atoms with Crippen LogP contribution in [0.15, 0.2) is 235 Å². The summed E-state index contributed by atoms with van der Waals surface area (Å²) in [4.78, 5) is 10.4. The minimum Gasteiger partial charge on any atom is -0.455 e. The number of aromatic nitrogens is 2. The van der Waals surface area contributed by atoms with Crippen molar-refractivity contribution in [2.45, 2.75) is 5.41 Å². The van der Waals surface area contributed by atoms with Gasteiger partial charge in [0.25, 0.3) is 0 Å². The Morgan fingerprint density at radius 2 is 0.823 bits per heavy atom. The van der Waals surface area contributed by atoms with Gasteiger partial charge in [-0.1, -0.05) is 206 Å². The lowest BCUT2D eigenvalue weighted by molar-refractivity contribution is 0.670. The lowest BCUT2D eigenvalue weighted by Crippen LogP contribution is -2.28. The molecule has 0 bridgehead atoms. The number of furan rings is 1. The highest BCUT2D eigenvalue weighted by Gasteiger charge is 2.45. The van der Waals surface area contributed by atoms with Gasteiger partial charge in [0.05, 0.1) is 16.8 Å². The molecule has 0 aliphatic heterocycles. The standard InChI is InChI=1S/C59H38N2O/c1-3-16-40(17-4-1)58-60-54(38-55(61-58)44-21-14-19-42(37-44)47-27-15-28-51-50-26-9-12-31-56(50)62-57(47)51)43-20-13-18-41(36-43)39-32-34-46(35-33-39)59(45-22-5-2-6-23-45)52-29-10-7-24-48(52)49-25-8-11-30-53(49)59/h1-38H. The zero-order valence-corrected chi connectivity index (χ0v) is 33.7. The van der Waals surface area contributed by atoms with Crippen molar-refractivity contribution >= 4 is 21.9 Å². The van der Waals surface area contributed by atoms with Gasteiger partial charge in [-0.3, -0.25) is 0 Å². The SMILES string of the molecule is c1ccc(-c2nc(-c3cccc(-c4ccc(C5(c6ccccc6)c6ccccc6-c6ccccc65)cc4)c3)cc(-c3cccc(-c4cccc5c4oc4ccccc45)c3)n2)cc1. The van der Waals surface area contributed by atoms with Gasteiger partial charge in [-0.15, -0.1) is 0 Å². The molecule has 0 saturated carbocycles. The van der Waals surface area contributed by atoms with Crippen molar-refractivity contribution in [3.05, 3.63) is 253 Å². The molecule has 3 heteroatoms. The van der Waals surface area contributed by atoms with E-state index >= 15 is 0 Å². The zero-order chi connectivity index (χ0) is 41.0. The highest BCUT2D eigenvalue weighted by Crippen LogP contribution is 2.56. The topological polar surface area (TPSA) is 38.9 Å². The maximum atomic E-state index is 6.45. The molecule has 290 valence electrons. The Hall–Kier alpha value is -8.14. The first-order valence-corrected chi connectivity index (χ1v) is 21.1. The first-order chi connectivity index (χ1) is 30.7. The molecule has 3 nitrogen and oxygen atoms in total. The average Bonchev–Trinajstić information content (AvgIpc) is 3.89. The van der Waals surface area contributed by atoms with Crippen molar-refractivity contribution in [2.75, 3.05) is 0 Å². The third-order valence-corrected chi connectivity index (χ3v) is 12.6. The minimum absolute atomic E-state index is 0.435. The van der Waals surface area contributed by atoms with Crippen molar-refractivity contribution in [2.24, 2.45) is 0 Å². The fourth-order valence-corrected chi connectivity index (χ4v) is 9.76. The molecule has 0 N–H and O–H groups in total. The first-order valence-electron chi connectivity index (χ1n) is 21.1. The molecule has 2 heterocycles. The monoisotopic (exact) mass is 790 g/mol. The summed E-state index contributed by atoms with van der Waals surface area (Å²) >= 11 is 0. The van der Waals surface area contributed by atoms with E-state index in [2.05, 4.69) is 200 Å². The van der Waals surface area contributed by atoms with Crippen LogP contribution in [-0.4, -0.2) is 9.97 Å². The quantitative estimate of drug-likeness (QED) is 0.161. The van der Waals surface area contributed by atoms with Gasteiger partial charge in [0, 0.05) is 33.0 Å². The Kier molecular flexibility index (Phi) is 8.39. The second-order valence-corrected chi connectivity index (χ2v) is 16.1. The smallest absolute Gasteiger partial charge is 0.160 e. The Morgan fingerprint density at radius 1 is 0.323 bits per heavy atom. The number of nitrogens with zero attached hydrogens (tertiary/aromatic N) is 2. The van der Waals surface area contributed by atoms with Gasteiger partial charge in [-0.25, -0.2) is 9.97 Å². The molecule has 62 heavy (non-hydrogen) atoms. The second-order valence-electron chi connectivity index (χ2n) is 16.1. The van der Waals surface area contributed by atoms with Crippen LogP contribution in [0, 0.1) is 0 Å². The first kappa shape index (κ1) is 35.8. The van der Waals surface area contributed by atoms with Gasteiger partial charge in [0.1, 0.15) is 11.2 Å². The van der Waals surface area contributed by atoms with Crippen LogP contribution in [-0.2, 0) is 5.41 Å². The number of rotatable bonds is 7. The maximum absolute atomic E-state index is 6.45. The highest BCUT2D eigenvalue weighted by atomic mass is 16.3. The Balaban J connectivity index is 0.950. The second kappa shape index (κ2) is 14.5. The summed E-state index contributed by atoms with van der Waals surface area (Å²) in [7, 11) is 0. The fraction of sp³-hybridized carbons (Fsp3) is 0.0169. The van der Waals surface area contributed by atoms with Gasteiger partial charge >= 0.3 is 0 Å². The van der Waals surface area contributed by atoms with E-state index in [-0.39, 0.29) is 0 Å². The van der Waals surface area contributed by atoms with E-state index in [1.54, 1.807) is 0 Å². The van der Waals surface area contributed by atoms with E-state index in [4.69, 9.17) is 14.4 Å². The third kappa shape index (κ3) is 5.74. The molecule has 2 aromatic heterocycles. The summed E-state index contributed by atoms with van der Waals surface area (Å²) < 4.78 is 6.45. The summed E-state index contributed by atoms with van der Waals surface area (Å²) in [6, 6.07) is 82.2. The molecular formula is C59H38N2O. The van der Waals surface area contributed by atoms with Crippen molar-refractivity contribution in [3.8, 4) is 67.3 Å². The molecule has 1 aliphatic rings. The number of fused-ring (bicyclic) bond motifs is 6. The lowest BCUT2D eigenvalue weighted by atomic mass is 9.67. The minimum atomic E-state index is -0.435. The number of benzene rings is 9. The Bertz CT molecular complexity index is 3410. The number of hydrogen-bond donors (Lipinski definition) is 0. The number of hydrogen-bond acceptors (Lipinski definition) is 3. The van der Waals surface area contributed by atoms with Gasteiger partial charge in [-0.2, -0.15) is 0 Å². The Labute approximate surface area is 360 Å². The predicted molar refractivity (Wildman–Crippen MR) is 254 cm³/mol. The van der Waals surface area contributed by atoms with Crippen LogP contribution in [0.3, 0.4) is 0 Å². The van der Waals surface area contributed by atoms with E-state index in [9.17, 15) is 0 Å². The largest absolute Gasteiger partial charge is 0.455 e. The van der Waals surface area contributed by atoms with Crippen LogP contribution in [0.25, 0.3) is 89.2 Å². The molecule has 0 radical (unpaired) electrons. The summed E-state index contributed by atoms with van der Waals surface area (Å²) in [5, 5.41) is 2.23. The van der Waals surface area contributed by atoms with Crippen LogP contribution >= 0.6 is 0 Å². The summed E-state index contributed by atoms with van der Waals surface area (Å²) in [6.07, 6.45) is 0.